The lowest BCUT2D eigenvalue weighted by atomic mass is 10.1. The Morgan fingerprint density at radius 3 is 2.55 bits per heavy atom. The summed E-state index contributed by atoms with van der Waals surface area (Å²) in [6, 6.07) is 14.2. The second-order valence-corrected chi connectivity index (χ2v) is 5.37. The fourth-order valence-electron chi connectivity index (χ4n) is 2.50. The van der Waals surface area contributed by atoms with Crippen LogP contribution >= 0.6 is 0 Å². The van der Waals surface area contributed by atoms with Gasteiger partial charge in [-0.1, -0.05) is 18.2 Å². The number of aryl methyl sites for hydroxylation is 2. The number of rotatable bonds is 3. The molecule has 0 aromatic heterocycles. The number of anilines is 1. The van der Waals surface area contributed by atoms with E-state index < -0.39 is 0 Å². The molecule has 0 spiro atoms. The van der Waals surface area contributed by atoms with Gasteiger partial charge in [-0.3, -0.25) is 4.99 Å². The van der Waals surface area contributed by atoms with Crippen LogP contribution in [-0.2, 0) is 0 Å². The minimum absolute atomic E-state index is 0.821. The van der Waals surface area contributed by atoms with Crippen LogP contribution in [0.2, 0.25) is 0 Å². The Morgan fingerprint density at radius 1 is 1.09 bits per heavy atom. The molecule has 112 valence electrons. The largest absolute Gasteiger partial charge is 0.439 e. The first kappa shape index (κ1) is 14.4. The fourth-order valence-corrected chi connectivity index (χ4v) is 2.50. The van der Waals surface area contributed by atoms with Crippen LogP contribution in [0.4, 0.5) is 11.4 Å². The third-order valence-electron chi connectivity index (χ3n) is 3.86. The van der Waals surface area contributed by atoms with Gasteiger partial charge < -0.3 is 9.64 Å². The topological polar surface area (TPSA) is 24.8 Å². The SMILES string of the molecule is CCN1/C(=C\C=Nc2ccccc2)Oc2cc(C)c(C)cc21. The highest BCUT2D eigenvalue weighted by atomic mass is 16.5. The van der Waals surface area contributed by atoms with Crippen LogP contribution in [0.25, 0.3) is 0 Å². The van der Waals surface area contributed by atoms with E-state index in [4.69, 9.17) is 4.74 Å². The van der Waals surface area contributed by atoms with Crippen molar-refractivity contribution in [2.24, 2.45) is 4.99 Å². The molecule has 0 amide bonds. The van der Waals surface area contributed by atoms with E-state index in [9.17, 15) is 0 Å². The number of nitrogens with zero attached hydrogens (tertiary/aromatic N) is 2. The zero-order valence-electron chi connectivity index (χ0n) is 13.2. The molecule has 2 aromatic carbocycles. The highest BCUT2D eigenvalue weighted by Crippen LogP contribution is 2.40. The van der Waals surface area contributed by atoms with Crippen molar-refractivity contribution < 1.29 is 4.74 Å². The maximum atomic E-state index is 5.98. The van der Waals surface area contributed by atoms with Crippen molar-refractivity contribution in [2.45, 2.75) is 20.8 Å². The summed E-state index contributed by atoms with van der Waals surface area (Å²) in [5.41, 5.74) is 4.59. The number of hydrogen-bond acceptors (Lipinski definition) is 3. The molecule has 1 aliphatic rings. The smallest absolute Gasteiger partial charge is 0.202 e. The Balaban J connectivity index is 1.86. The Kier molecular flexibility index (Phi) is 3.96. The molecule has 2 aromatic rings. The van der Waals surface area contributed by atoms with Crippen LogP contribution in [0.15, 0.2) is 59.4 Å². The lowest BCUT2D eigenvalue weighted by Crippen LogP contribution is -2.19. The summed E-state index contributed by atoms with van der Waals surface area (Å²) < 4.78 is 5.98. The van der Waals surface area contributed by atoms with Gasteiger partial charge in [-0.15, -0.1) is 0 Å². The van der Waals surface area contributed by atoms with Crippen molar-refractivity contribution in [3.8, 4) is 5.75 Å². The van der Waals surface area contributed by atoms with E-state index in [-0.39, 0.29) is 0 Å². The molecule has 22 heavy (non-hydrogen) atoms. The van der Waals surface area contributed by atoms with Crippen LogP contribution in [-0.4, -0.2) is 12.8 Å². The third kappa shape index (κ3) is 2.75. The molecule has 3 heteroatoms. The van der Waals surface area contributed by atoms with Gasteiger partial charge in [0.25, 0.3) is 0 Å². The second-order valence-electron chi connectivity index (χ2n) is 5.37. The molecule has 0 aliphatic carbocycles. The zero-order valence-corrected chi connectivity index (χ0v) is 13.2. The van der Waals surface area contributed by atoms with Crippen molar-refractivity contribution in [2.75, 3.05) is 11.4 Å². The van der Waals surface area contributed by atoms with Crippen LogP contribution < -0.4 is 9.64 Å². The van der Waals surface area contributed by atoms with E-state index in [0.717, 1.165) is 29.6 Å². The van der Waals surface area contributed by atoms with Gasteiger partial charge in [0.15, 0.2) is 5.75 Å². The first-order chi connectivity index (χ1) is 10.7. The summed E-state index contributed by atoms with van der Waals surface area (Å²) in [6.45, 7) is 7.21. The van der Waals surface area contributed by atoms with Gasteiger partial charge in [0, 0.05) is 18.8 Å². The van der Waals surface area contributed by atoms with E-state index in [1.165, 1.54) is 11.1 Å². The fraction of sp³-hybridized carbons (Fsp3) is 0.211. The maximum Gasteiger partial charge on any atom is 0.202 e. The molecule has 0 bridgehead atoms. The van der Waals surface area contributed by atoms with Gasteiger partial charge in [0.05, 0.1) is 11.4 Å². The number of benzene rings is 2. The van der Waals surface area contributed by atoms with E-state index in [2.05, 4.69) is 42.8 Å². The maximum absolute atomic E-state index is 5.98. The number of fused-ring (bicyclic) bond motifs is 1. The van der Waals surface area contributed by atoms with Crippen molar-refractivity contribution >= 4 is 17.6 Å². The minimum Gasteiger partial charge on any atom is -0.439 e. The third-order valence-corrected chi connectivity index (χ3v) is 3.86. The van der Waals surface area contributed by atoms with Gasteiger partial charge in [-0.25, -0.2) is 0 Å². The lowest BCUT2D eigenvalue weighted by Gasteiger charge is -2.15. The van der Waals surface area contributed by atoms with Crippen LogP contribution in [0.3, 0.4) is 0 Å². The highest BCUT2D eigenvalue weighted by Gasteiger charge is 2.25. The Morgan fingerprint density at radius 2 is 1.82 bits per heavy atom. The monoisotopic (exact) mass is 292 g/mol. The van der Waals surface area contributed by atoms with E-state index in [0.29, 0.717) is 0 Å². The van der Waals surface area contributed by atoms with Crippen molar-refractivity contribution in [3.63, 3.8) is 0 Å². The van der Waals surface area contributed by atoms with E-state index >= 15 is 0 Å². The summed E-state index contributed by atoms with van der Waals surface area (Å²) in [4.78, 5) is 6.59. The lowest BCUT2D eigenvalue weighted by molar-refractivity contribution is 0.440. The summed E-state index contributed by atoms with van der Waals surface area (Å²) in [7, 11) is 0. The molecule has 0 unspecified atom stereocenters. The highest BCUT2D eigenvalue weighted by molar-refractivity contribution is 5.78. The first-order valence-electron chi connectivity index (χ1n) is 7.55. The molecule has 0 N–H and O–H groups in total. The number of aliphatic imine (C=N–C) groups is 1. The second kappa shape index (κ2) is 6.06. The van der Waals surface area contributed by atoms with Gasteiger partial charge in [-0.05, 0) is 56.2 Å². The molecule has 0 atom stereocenters. The Labute approximate surface area is 131 Å². The van der Waals surface area contributed by atoms with Crippen molar-refractivity contribution in [3.05, 3.63) is 65.6 Å². The van der Waals surface area contributed by atoms with Crippen molar-refractivity contribution in [1.82, 2.24) is 0 Å². The van der Waals surface area contributed by atoms with Gasteiger partial charge >= 0.3 is 0 Å². The minimum atomic E-state index is 0.821. The Bertz CT molecular complexity index is 733. The molecule has 0 saturated carbocycles. The molecule has 0 saturated heterocycles. The molecule has 0 fully saturated rings. The summed E-state index contributed by atoms with van der Waals surface area (Å²) in [5.74, 6) is 1.74. The zero-order chi connectivity index (χ0) is 15.5. The first-order valence-corrected chi connectivity index (χ1v) is 7.55. The predicted octanol–water partition coefficient (Wildman–Crippen LogP) is 4.77. The molecule has 1 aliphatic heterocycles. The number of allylic oxidation sites excluding steroid dienone is 1. The van der Waals surface area contributed by atoms with E-state index in [1.807, 2.05) is 36.4 Å². The van der Waals surface area contributed by atoms with Gasteiger partial charge in [-0.2, -0.15) is 0 Å². The number of hydrogen-bond donors (Lipinski definition) is 0. The molecular weight excluding hydrogens is 272 g/mol. The summed E-state index contributed by atoms with van der Waals surface area (Å²) >= 11 is 0. The molecule has 0 radical (unpaired) electrons. The average molecular weight is 292 g/mol. The van der Waals surface area contributed by atoms with Crippen LogP contribution in [0.5, 0.6) is 5.75 Å². The van der Waals surface area contributed by atoms with Gasteiger partial charge in [0.1, 0.15) is 0 Å². The standard InChI is InChI=1S/C19H20N2O/c1-4-21-17-12-14(2)15(3)13-18(17)22-19(21)10-11-20-16-8-6-5-7-9-16/h5-13H,4H2,1-3H3/b19-10+,20-11?. The summed E-state index contributed by atoms with van der Waals surface area (Å²) in [6.07, 6.45) is 3.71. The average Bonchev–Trinajstić information content (AvgIpc) is 2.85. The number of ether oxygens (including phenoxy) is 1. The normalized spacial score (nSPS) is 15.4. The molecule has 3 rings (SSSR count). The summed E-state index contributed by atoms with van der Waals surface area (Å²) in [5, 5.41) is 0. The Hall–Kier alpha value is -2.55. The molecular formula is C19H20N2O. The molecule has 1 heterocycles. The van der Waals surface area contributed by atoms with Crippen molar-refractivity contribution in [1.29, 1.82) is 0 Å². The van der Waals surface area contributed by atoms with E-state index in [1.54, 1.807) is 6.21 Å². The molecule has 3 nitrogen and oxygen atoms in total. The number of para-hydroxylation sites is 1. The quantitative estimate of drug-likeness (QED) is 0.761. The van der Waals surface area contributed by atoms with Gasteiger partial charge in [0.2, 0.25) is 5.88 Å². The predicted molar refractivity (Wildman–Crippen MR) is 92.2 cm³/mol. The van der Waals surface area contributed by atoms with Crippen LogP contribution in [0, 0.1) is 13.8 Å². The van der Waals surface area contributed by atoms with Crippen LogP contribution in [0.1, 0.15) is 18.1 Å².